The maximum Gasteiger partial charge on any atom is 0.253 e. The van der Waals surface area contributed by atoms with Crippen LogP contribution < -0.4 is 10.6 Å². The Morgan fingerprint density at radius 3 is 2.33 bits per heavy atom. The van der Waals surface area contributed by atoms with Gasteiger partial charge in [0.15, 0.2) is 0 Å². The number of aromatic nitrogens is 1. The van der Waals surface area contributed by atoms with Crippen LogP contribution in [0.1, 0.15) is 42.8 Å². The molecular weight excluding hydrogens is 309 g/mol. The van der Waals surface area contributed by atoms with Crippen LogP contribution in [0.15, 0.2) is 42.6 Å². The highest BCUT2D eigenvalue weighted by Crippen LogP contribution is 2.17. The summed E-state index contributed by atoms with van der Waals surface area (Å²) in [4.78, 5) is 16.4. The van der Waals surface area contributed by atoms with Crippen molar-refractivity contribution in [2.24, 2.45) is 0 Å². The quantitative estimate of drug-likeness (QED) is 0.761. The number of aliphatic hydroxyl groups excluding tert-OH is 1. The van der Waals surface area contributed by atoms with Crippen LogP contribution in [0.4, 0.5) is 10.2 Å². The zero-order valence-electron chi connectivity index (χ0n) is 14.0. The fourth-order valence-corrected chi connectivity index (χ4v) is 2.23. The molecule has 0 radical (unpaired) electrons. The Bertz CT molecular complexity index is 672. The number of pyridine rings is 1. The van der Waals surface area contributed by atoms with Gasteiger partial charge in [-0.3, -0.25) is 4.79 Å². The Morgan fingerprint density at radius 2 is 1.79 bits per heavy atom. The predicted octanol–water partition coefficient (Wildman–Crippen LogP) is 2.89. The summed E-state index contributed by atoms with van der Waals surface area (Å²) in [7, 11) is 0. The zero-order valence-corrected chi connectivity index (χ0v) is 14.0. The largest absolute Gasteiger partial charge is 0.386 e. The topological polar surface area (TPSA) is 74.2 Å². The number of carbonyl (C=O) groups is 1. The molecule has 1 heterocycles. The van der Waals surface area contributed by atoms with Crippen molar-refractivity contribution in [3.8, 4) is 0 Å². The number of aliphatic hydroxyl groups is 1. The molecule has 0 aliphatic heterocycles. The molecule has 0 saturated carbocycles. The molecule has 5 nitrogen and oxygen atoms in total. The van der Waals surface area contributed by atoms with Crippen LogP contribution in [0.2, 0.25) is 0 Å². The van der Waals surface area contributed by atoms with Gasteiger partial charge in [0.2, 0.25) is 0 Å². The first-order valence-corrected chi connectivity index (χ1v) is 7.84. The van der Waals surface area contributed by atoms with Gasteiger partial charge in [-0.15, -0.1) is 0 Å². The first-order chi connectivity index (χ1) is 11.4. The van der Waals surface area contributed by atoms with Gasteiger partial charge in [-0.25, -0.2) is 9.37 Å². The van der Waals surface area contributed by atoms with Crippen molar-refractivity contribution in [1.82, 2.24) is 10.3 Å². The van der Waals surface area contributed by atoms with E-state index in [0.29, 0.717) is 16.9 Å². The lowest BCUT2D eigenvalue weighted by Crippen LogP contribution is -2.37. The van der Waals surface area contributed by atoms with Gasteiger partial charge >= 0.3 is 0 Å². The summed E-state index contributed by atoms with van der Waals surface area (Å²) in [6.45, 7) is 5.69. The Balaban J connectivity index is 1.98. The lowest BCUT2D eigenvalue weighted by atomic mass is 10.0. The van der Waals surface area contributed by atoms with Crippen molar-refractivity contribution in [2.75, 3.05) is 5.32 Å². The monoisotopic (exact) mass is 331 g/mol. The fraction of sp³-hybridized carbons (Fsp3) is 0.333. The van der Waals surface area contributed by atoms with Gasteiger partial charge in [0.05, 0.1) is 17.7 Å². The van der Waals surface area contributed by atoms with Gasteiger partial charge in [-0.1, -0.05) is 12.1 Å². The van der Waals surface area contributed by atoms with E-state index in [1.54, 1.807) is 19.1 Å². The van der Waals surface area contributed by atoms with Crippen molar-refractivity contribution in [2.45, 2.75) is 39.0 Å². The second-order valence-electron chi connectivity index (χ2n) is 5.99. The van der Waals surface area contributed by atoms with E-state index in [2.05, 4.69) is 15.6 Å². The molecule has 128 valence electrons. The molecule has 2 rings (SSSR count). The number of halogens is 1. The molecule has 0 fully saturated rings. The minimum atomic E-state index is -0.926. The van der Waals surface area contributed by atoms with Crippen LogP contribution in [0.3, 0.4) is 0 Å². The van der Waals surface area contributed by atoms with Crippen molar-refractivity contribution >= 4 is 11.7 Å². The van der Waals surface area contributed by atoms with Gasteiger partial charge in [0, 0.05) is 12.2 Å². The number of nitrogens with one attached hydrogen (secondary N) is 2. The first-order valence-electron chi connectivity index (χ1n) is 7.84. The highest BCUT2D eigenvalue weighted by atomic mass is 19.1. The lowest BCUT2D eigenvalue weighted by molar-refractivity contribution is 0.0851. The number of rotatable bonds is 6. The van der Waals surface area contributed by atoms with Crippen molar-refractivity contribution in [1.29, 1.82) is 0 Å². The van der Waals surface area contributed by atoms with E-state index in [0.717, 1.165) is 0 Å². The third-order valence-corrected chi connectivity index (χ3v) is 3.51. The van der Waals surface area contributed by atoms with Gasteiger partial charge in [0.25, 0.3) is 5.91 Å². The van der Waals surface area contributed by atoms with Gasteiger partial charge in [-0.2, -0.15) is 0 Å². The van der Waals surface area contributed by atoms with Crippen LogP contribution in [-0.2, 0) is 0 Å². The van der Waals surface area contributed by atoms with Crippen molar-refractivity contribution in [3.05, 3.63) is 59.5 Å². The smallest absolute Gasteiger partial charge is 0.253 e. The average molecular weight is 331 g/mol. The molecule has 2 unspecified atom stereocenters. The number of amides is 1. The molecular formula is C18H22FN3O2. The van der Waals surface area contributed by atoms with Crippen LogP contribution in [0, 0.1) is 5.82 Å². The van der Waals surface area contributed by atoms with Crippen molar-refractivity contribution in [3.63, 3.8) is 0 Å². The van der Waals surface area contributed by atoms with Crippen LogP contribution in [0.5, 0.6) is 0 Å². The second-order valence-corrected chi connectivity index (χ2v) is 5.99. The van der Waals surface area contributed by atoms with Gasteiger partial charge < -0.3 is 15.7 Å². The molecule has 0 spiro atoms. The summed E-state index contributed by atoms with van der Waals surface area (Å²) < 4.78 is 12.9. The Hall–Kier alpha value is -2.47. The summed E-state index contributed by atoms with van der Waals surface area (Å²) in [6.07, 6.45) is 0.557. The average Bonchev–Trinajstić information content (AvgIpc) is 2.55. The summed E-state index contributed by atoms with van der Waals surface area (Å²) >= 11 is 0. The predicted molar refractivity (Wildman–Crippen MR) is 91.3 cm³/mol. The van der Waals surface area contributed by atoms with E-state index in [1.165, 1.54) is 30.5 Å². The molecule has 0 saturated heterocycles. The molecule has 0 aliphatic carbocycles. The van der Waals surface area contributed by atoms with E-state index < -0.39 is 12.1 Å². The summed E-state index contributed by atoms with van der Waals surface area (Å²) in [5.74, 6) is -0.00276. The van der Waals surface area contributed by atoms with E-state index >= 15 is 0 Å². The molecule has 6 heteroatoms. The van der Waals surface area contributed by atoms with Crippen LogP contribution in [0.25, 0.3) is 0 Å². The lowest BCUT2D eigenvalue weighted by Gasteiger charge is -2.20. The van der Waals surface area contributed by atoms with E-state index in [4.69, 9.17) is 0 Å². The maximum atomic E-state index is 12.9. The number of hydrogen-bond acceptors (Lipinski definition) is 4. The van der Waals surface area contributed by atoms with Gasteiger partial charge in [-0.05, 0) is 50.6 Å². The Morgan fingerprint density at radius 1 is 1.12 bits per heavy atom. The summed E-state index contributed by atoms with van der Waals surface area (Å²) in [5, 5.41) is 16.1. The molecule has 1 amide bonds. The summed E-state index contributed by atoms with van der Waals surface area (Å²) in [5.41, 5.74) is 0.946. The normalized spacial score (nSPS) is 13.4. The Labute approximate surface area is 140 Å². The number of anilines is 1. The van der Waals surface area contributed by atoms with Gasteiger partial charge in [0.1, 0.15) is 11.6 Å². The van der Waals surface area contributed by atoms with Crippen LogP contribution >= 0.6 is 0 Å². The molecule has 0 bridgehead atoms. The highest BCUT2D eigenvalue weighted by molar-refractivity contribution is 5.94. The summed E-state index contributed by atoms with van der Waals surface area (Å²) in [6, 6.07) is 8.67. The number of carbonyl (C=O) groups excluding carboxylic acids is 1. The standard InChI is InChI=1S/C18H22FN3O2/c1-11(2)21-16-9-6-14(10-20-16)18(24)22-12(3)17(23)13-4-7-15(19)8-5-13/h4-12,17,23H,1-3H3,(H,20,21)(H,22,24). The molecule has 24 heavy (non-hydrogen) atoms. The number of benzene rings is 1. The molecule has 1 aromatic heterocycles. The molecule has 3 N–H and O–H groups in total. The molecule has 2 atom stereocenters. The van der Waals surface area contributed by atoms with E-state index in [9.17, 15) is 14.3 Å². The van der Waals surface area contributed by atoms with E-state index in [-0.39, 0.29) is 17.8 Å². The fourth-order valence-electron chi connectivity index (χ4n) is 2.23. The third-order valence-electron chi connectivity index (χ3n) is 3.51. The first kappa shape index (κ1) is 17.9. The van der Waals surface area contributed by atoms with Crippen molar-refractivity contribution < 1.29 is 14.3 Å². The highest BCUT2D eigenvalue weighted by Gasteiger charge is 2.19. The minimum absolute atomic E-state index is 0.253. The minimum Gasteiger partial charge on any atom is -0.386 e. The van der Waals surface area contributed by atoms with E-state index in [1.807, 2.05) is 13.8 Å². The third kappa shape index (κ3) is 4.76. The SMILES string of the molecule is CC(C)Nc1ccc(C(=O)NC(C)C(O)c2ccc(F)cc2)cn1. The molecule has 0 aliphatic rings. The zero-order chi connectivity index (χ0) is 17.7. The second kappa shape index (κ2) is 7.88. The number of nitrogens with zero attached hydrogens (tertiary/aromatic N) is 1. The Kier molecular flexibility index (Phi) is 5.87. The molecule has 1 aromatic carbocycles. The maximum absolute atomic E-state index is 12.9. The molecule has 2 aromatic rings. The van der Waals surface area contributed by atoms with Crippen LogP contribution in [-0.4, -0.2) is 28.1 Å². The number of hydrogen-bond donors (Lipinski definition) is 3.